The van der Waals surface area contributed by atoms with E-state index in [1.165, 1.54) is 27.4 Å². The minimum Gasteiger partial charge on any atom is -0.496 e. The predicted molar refractivity (Wildman–Crippen MR) is 131 cm³/mol. The van der Waals surface area contributed by atoms with Gasteiger partial charge in [0, 0.05) is 35.6 Å². The molecule has 0 fully saturated rings. The van der Waals surface area contributed by atoms with Crippen LogP contribution in [0.25, 0.3) is 0 Å². The molecule has 2 heterocycles. The molecular weight excluding hydrogens is 502 g/mol. The molecular formula is C27H24ClNO8. The standard InChI is InChI=1S/C27H24ClNO8/c1-12-9-16-20(15(10-19(30)29-16)13-5-7-14(8-6-13)26(33)36-4)24(31)27(12)25(32)21-17(34-2)11-18(35-3)22(28)23(21)37-27/h5-8,11-12,15H,9-10H2,1-4H3,(H,29,30)/t12-,15?,27+/m1/s1. The number of hydrogen-bond donors (Lipinski definition) is 1. The van der Waals surface area contributed by atoms with Gasteiger partial charge in [-0.25, -0.2) is 4.79 Å². The average molecular weight is 526 g/mol. The van der Waals surface area contributed by atoms with E-state index in [-0.39, 0.29) is 46.6 Å². The first kappa shape index (κ1) is 24.8. The second-order valence-corrected chi connectivity index (χ2v) is 9.59. The average Bonchev–Trinajstić information content (AvgIpc) is 3.21. The molecule has 1 amide bonds. The summed E-state index contributed by atoms with van der Waals surface area (Å²) in [6, 6.07) is 7.98. The Hall–Kier alpha value is -3.85. The van der Waals surface area contributed by atoms with Crippen molar-refractivity contribution < 1.29 is 38.1 Å². The smallest absolute Gasteiger partial charge is 0.337 e. The van der Waals surface area contributed by atoms with Crippen molar-refractivity contribution in [3.05, 3.63) is 63.3 Å². The van der Waals surface area contributed by atoms with Gasteiger partial charge < -0.3 is 24.3 Å². The lowest BCUT2D eigenvalue weighted by molar-refractivity contribution is -0.131. The third kappa shape index (κ3) is 3.52. The van der Waals surface area contributed by atoms with Gasteiger partial charge in [-0.3, -0.25) is 14.4 Å². The molecule has 192 valence electrons. The first-order chi connectivity index (χ1) is 17.7. The van der Waals surface area contributed by atoms with Crippen LogP contribution in [0.4, 0.5) is 0 Å². The highest BCUT2D eigenvalue weighted by Crippen LogP contribution is 2.55. The summed E-state index contributed by atoms with van der Waals surface area (Å²) in [5, 5.41) is 2.89. The van der Waals surface area contributed by atoms with Crippen LogP contribution in [-0.4, -0.2) is 50.4 Å². The number of carbonyl (C=O) groups is 4. The van der Waals surface area contributed by atoms with Crippen molar-refractivity contribution in [3.63, 3.8) is 0 Å². The van der Waals surface area contributed by atoms with Gasteiger partial charge in [-0.05, 0) is 24.1 Å². The number of esters is 1. The van der Waals surface area contributed by atoms with E-state index in [0.29, 0.717) is 22.4 Å². The number of nitrogens with one attached hydrogen (secondary N) is 1. The van der Waals surface area contributed by atoms with Crippen LogP contribution in [0.15, 0.2) is 41.6 Å². The lowest BCUT2D eigenvalue weighted by atomic mass is 9.66. The Morgan fingerprint density at radius 3 is 2.32 bits per heavy atom. The van der Waals surface area contributed by atoms with E-state index >= 15 is 0 Å². The van der Waals surface area contributed by atoms with E-state index in [9.17, 15) is 19.2 Å². The molecule has 1 spiro atoms. The van der Waals surface area contributed by atoms with E-state index in [4.69, 9.17) is 30.5 Å². The maximum Gasteiger partial charge on any atom is 0.337 e. The lowest BCUT2D eigenvalue weighted by Gasteiger charge is -2.41. The number of ketones is 2. The second kappa shape index (κ2) is 8.92. The van der Waals surface area contributed by atoms with E-state index in [0.717, 1.165) is 0 Å². The third-order valence-corrected chi connectivity index (χ3v) is 7.65. The van der Waals surface area contributed by atoms with Gasteiger partial charge in [0.25, 0.3) is 0 Å². The Bertz CT molecular complexity index is 1400. The minimum atomic E-state index is -1.88. The highest BCUT2D eigenvalue weighted by atomic mass is 35.5. The molecule has 0 saturated heterocycles. The van der Waals surface area contributed by atoms with E-state index in [1.807, 2.05) is 0 Å². The predicted octanol–water partition coefficient (Wildman–Crippen LogP) is 3.62. The molecule has 1 unspecified atom stereocenters. The van der Waals surface area contributed by atoms with Crippen LogP contribution in [0.1, 0.15) is 52.0 Å². The molecule has 2 aliphatic heterocycles. The Balaban J connectivity index is 1.62. The van der Waals surface area contributed by atoms with Crippen molar-refractivity contribution in [1.29, 1.82) is 0 Å². The van der Waals surface area contributed by atoms with Crippen LogP contribution in [0, 0.1) is 5.92 Å². The largest absolute Gasteiger partial charge is 0.496 e. The summed E-state index contributed by atoms with van der Waals surface area (Å²) >= 11 is 6.50. The number of benzene rings is 2. The van der Waals surface area contributed by atoms with Crippen LogP contribution < -0.4 is 19.5 Å². The number of amides is 1. The maximum absolute atomic E-state index is 14.3. The quantitative estimate of drug-likeness (QED) is 0.475. The summed E-state index contributed by atoms with van der Waals surface area (Å²) in [5.41, 5.74) is -0.0569. The lowest BCUT2D eigenvalue weighted by Crippen LogP contribution is -2.59. The zero-order valence-corrected chi connectivity index (χ0v) is 21.4. The molecule has 3 atom stereocenters. The number of methoxy groups -OCH3 is 3. The van der Waals surface area contributed by atoms with E-state index < -0.39 is 35.0 Å². The van der Waals surface area contributed by atoms with Gasteiger partial charge in [0.2, 0.25) is 23.1 Å². The number of Topliss-reactive ketones (excluding diaryl/α,β-unsaturated/α-hetero) is 2. The molecule has 1 aliphatic carbocycles. The van der Waals surface area contributed by atoms with Gasteiger partial charge in [0.1, 0.15) is 22.1 Å². The summed E-state index contributed by atoms with van der Waals surface area (Å²) in [6.45, 7) is 1.73. The Labute approximate surface area is 217 Å². The van der Waals surface area contributed by atoms with Crippen molar-refractivity contribution in [2.75, 3.05) is 21.3 Å². The van der Waals surface area contributed by atoms with Gasteiger partial charge in [0.05, 0.1) is 26.9 Å². The highest BCUT2D eigenvalue weighted by molar-refractivity contribution is 6.36. The summed E-state index contributed by atoms with van der Waals surface area (Å²) in [5.74, 6) is -2.63. The SMILES string of the molecule is COC(=O)c1ccc(C2CC(=O)NC3=C2C(=O)[C@@]2(Oc4c(Cl)c(OC)cc(OC)c4C2=O)[C@H](C)C3)cc1. The molecule has 2 aromatic carbocycles. The van der Waals surface area contributed by atoms with Crippen LogP contribution >= 0.6 is 11.6 Å². The fourth-order valence-electron chi connectivity index (χ4n) is 5.44. The maximum atomic E-state index is 14.3. The van der Waals surface area contributed by atoms with Gasteiger partial charge >= 0.3 is 5.97 Å². The molecule has 0 aromatic heterocycles. The van der Waals surface area contributed by atoms with E-state index in [1.54, 1.807) is 31.2 Å². The zero-order valence-electron chi connectivity index (χ0n) is 20.6. The summed E-state index contributed by atoms with van der Waals surface area (Å²) in [6.07, 6.45) is 0.214. The van der Waals surface area contributed by atoms with Gasteiger partial charge in [-0.1, -0.05) is 30.7 Å². The number of ether oxygens (including phenoxy) is 4. The summed E-state index contributed by atoms with van der Waals surface area (Å²) in [4.78, 5) is 52.8. The minimum absolute atomic E-state index is 0.00829. The molecule has 5 rings (SSSR count). The monoisotopic (exact) mass is 525 g/mol. The Morgan fingerprint density at radius 2 is 1.70 bits per heavy atom. The number of hydrogen-bond acceptors (Lipinski definition) is 8. The van der Waals surface area contributed by atoms with Crippen molar-refractivity contribution in [2.45, 2.75) is 31.3 Å². The summed E-state index contributed by atoms with van der Waals surface area (Å²) in [7, 11) is 4.11. The second-order valence-electron chi connectivity index (χ2n) is 9.21. The fourth-order valence-corrected chi connectivity index (χ4v) is 5.71. The first-order valence-corrected chi connectivity index (χ1v) is 12.0. The Morgan fingerprint density at radius 1 is 1.03 bits per heavy atom. The number of fused-ring (bicyclic) bond motifs is 1. The Kier molecular flexibility index (Phi) is 5.98. The van der Waals surface area contributed by atoms with Crippen molar-refractivity contribution in [2.24, 2.45) is 5.92 Å². The van der Waals surface area contributed by atoms with Gasteiger partial charge in [0.15, 0.2) is 5.75 Å². The van der Waals surface area contributed by atoms with Crippen LogP contribution in [0.2, 0.25) is 5.02 Å². The van der Waals surface area contributed by atoms with Crippen molar-refractivity contribution in [1.82, 2.24) is 5.32 Å². The van der Waals surface area contributed by atoms with Gasteiger partial charge in [-0.15, -0.1) is 0 Å². The summed E-state index contributed by atoms with van der Waals surface area (Å²) < 4.78 is 21.7. The molecule has 3 aliphatic rings. The molecule has 37 heavy (non-hydrogen) atoms. The molecule has 10 heteroatoms. The van der Waals surface area contributed by atoms with Crippen LogP contribution in [0.5, 0.6) is 17.2 Å². The molecule has 0 bridgehead atoms. The molecule has 1 N–H and O–H groups in total. The zero-order chi connectivity index (χ0) is 26.6. The topological polar surface area (TPSA) is 117 Å². The van der Waals surface area contributed by atoms with E-state index in [2.05, 4.69) is 5.32 Å². The number of carbonyl (C=O) groups excluding carboxylic acids is 4. The van der Waals surface area contributed by atoms with Crippen LogP contribution in [0.3, 0.4) is 0 Å². The van der Waals surface area contributed by atoms with Crippen LogP contribution in [-0.2, 0) is 14.3 Å². The van der Waals surface area contributed by atoms with Gasteiger partial charge in [-0.2, -0.15) is 0 Å². The molecule has 0 radical (unpaired) electrons. The number of allylic oxidation sites excluding steroid dienone is 1. The fraction of sp³-hybridized carbons (Fsp3) is 0.333. The molecule has 2 aromatic rings. The molecule has 0 saturated carbocycles. The number of halogens is 1. The van der Waals surface area contributed by atoms with Crippen molar-refractivity contribution >= 4 is 35.0 Å². The third-order valence-electron chi connectivity index (χ3n) is 7.29. The number of rotatable bonds is 4. The first-order valence-electron chi connectivity index (χ1n) is 11.6. The van der Waals surface area contributed by atoms with Crippen molar-refractivity contribution in [3.8, 4) is 17.2 Å². The molecule has 9 nitrogen and oxygen atoms in total. The highest BCUT2D eigenvalue weighted by Gasteiger charge is 2.63. The normalized spacial score (nSPS) is 24.3.